The number of halogens is 1. The molecule has 1 N–H and O–H groups in total. The Kier molecular flexibility index (Phi) is 6.88. The SMILES string of the molecule is Cc1cccc([C@@H](NC(=O)c2cccc(OCc3ccccc3Cl)c2)c2ccccc2)c1. The maximum absolute atomic E-state index is 13.2. The fourth-order valence-corrected chi connectivity index (χ4v) is 3.76. The fourth-order valence-electron chi connectivity index (χ4n) is 3.57. The van der Waals surface area contributed by atoms with Crippen molar-refractivity contribution in [1.29, 1.82) is 0 Å². The van der Waals surface area contributed by atoms with Gasteiger partial charge in [0, 0.05) is 16.1 Å². The van der Waals surface area contributed by atoms with Crippen LogP contribution in [-0.2, 0) is 6.61 Å². The summed E-state index contributed by atoms with van der Waals surface area (Å²) in [7, 11) is 0. The molecule has 3 nitrogen and oxygen atoms in total. The highest BCUT2D eigenvalue weighted by Crippen LogP contribution is 2.24. The van der Waals surface area contributed by atoms with Crippen LogP contribution in [0, 0.1) is 6.92 Å². The number of carbonyl (C=O) groups excluding carboxylic acids is 1. The van der Waals surface area contributed by atoms with Crippen LogP contribution >= 0.6 is 11.6 Å². The lowest BCUT2D eigenvalue weighted by Gasteiger charge is -2.20. The Balaban J connectivity index is 1.53. The Morgan fingerprint density at radius 1 is 0.844 bits per heavy atom. The van der Waals surface area contributed by atoms with Crippen molar-refractivity contribution in [2.45, 2.75) is 19.6 Å². The van der Waals surface area contributed by atoms with Gasteiger partial charge in [-0.25, -0.2) is 0 Å². The first-order valence-electron chi connectivity index (χ1n) is 10.5. The van der Waals surface area contributed by atoms with Crippen LogP contribution < -0.4 is 10.1 Å². The second-order valence-electron chi connectivity index (χ2n) is 7.64. The summed E-state index contributed by atoms with van der Waals surface area (Å²) in [4.78, 5) is 13.2. The molecule has 0 saturated carbocycles. The molecule has 0 unspecified atom stereocenters. The average molecular weight is 442 g/mol. The lowest BCUT2D eigenvalue weighted by molar-refractivity contribution is 0.0942. The summed E-state index contributed by atoms with van der Waals surface area (Å²) in [5.74, 6) is 0.452. The molecule has 1 amide bonds. The number of hydrogen-bond acceptors (Lipinski definition) is 2. The Labute approximate surface area is 193 Å². The number of ether oxygens (including phenoxy) is 1. The highest BCUT2D eigenvalue weighted by atomic mass is 35.5. The molecule has 0 spiro atoms. The van der Waals surface area contributed by atoms with Crippen molar-refractivity contribution in [1.82, 2.24) is 5.32 Å². The molecule has 0 saturated heterocycles. The molecule has 0 heterocycles. The Hall–Kier alpha value is -3.56. The largest absolute Gasteiger partial charge is 0.489 e. The number of nitrogens with one attached hydrogen (secondary N) is 1. The van der Waals surface area contributed by atoms with Gasteiger partial charge in [-0.05, 0) is 42.3 Å². The number of aryl methyl sites for hydroxylation is 1. The summed E-state index contributed by atoms with van der Waals surface area (Å²) in [6.07, 6.45) is 0. The highest BCUT2D eigenvalue weighted by molar-refractivity contribution is 6.31. The van der Waals surface area contributed by atoms with Crippen LogP contribution in [0.25, 0.3) is 0 Å². The molecule has 4 aromatic rings. The molecular formula is C28H24ClNO2. The average Bonchev–Trinajstić information content (AvgIpc) is 2.82. The number of amides is 1. The summed E-state index contributed by atoms with van der Waals surface area (Å²) < 4.78 is 5.89. The minimum Gasteiger partial charge on any atom is -0.489 e. The third-order valence-corrected chi connectivity index (χ3v) is 5.60. The molecule has 4 rings (SSSR count). The maximum atomic E-state index is 13.2. The van der Waals surface area contributed by atoms with Crippen molar-refractivity contribution in [3.63, 3.8) is 0 Å². The first kappa shape index (κ1) is 21.7. The standard InChI is InChI=1S/C28H24ClNO2/c1-20-9-7-13-22(17-20)27(21-10-3-2-4-11-21)30-28(31)23-14-8-15-25(18-23)32-19-24-12-5-6-16-26(24)29/h2-18,27H,19H2,1H3,(H,30,31)/t27-/m0/s1. The smallest absolute Gasteiger partial charge is 0.252 e. The summed E-state index contributed by atoms with van der Waals surface area (Å²) >= 11 is 6.21. The van der Waals surface area contributed by atoms with E-state index in [0.717, 1.165) is 22.3 Å². The van der Waals surface area contributed by atoms with Crippen LogP contribution in [0.3, 0.4) is 0 Å². The van der Waals surface area contributed by atoms with Crippen LogP contribution in [0.5, 0.6) is 5.75 Å². The Bertz CT molecular complexity index is 1210. The highest BCUT2D eigenvalue weighted by Gasteiger charge is 2.18. The van der Waals surface area contributed by atoms with E-state index in [1.807, 2.05) is 91.9 Å². The molecule has 0 radical (unpaired) electrons. The molecule has 0 fully saturated rings. The predicted octanol–water partition coefficient (Wildman–Crippen LogP) is 6.75. The van der Waals surface area contributed by atoms with Gasteiger partial charge in [0.15, 0.2) is 0 Å². The van der Waals surface area contributed by atoms with Crippen molar-refractivity contribution >= 4 is 17.5 Å². The zero-order valence-corrected chi connectivity index (χ0v) is 18.5. The van der Waals surface area contributed by atoms with Crippen molar-refractivity contribution in [3.05, 3.63) is 136 Å². The van der Waals surface area contributed by atoms with Gasteiger partial charge in [-0.2, -0.15) is 0 Å². The summed E-state index contributed by atoms with van der Waals surface area (Å²) in [5, 5.41) is 3.85. The van der Waals surface area contributed by atoms with E-state index in [-0.39, 0.29) is 11.9 Å². The number of carbonyl (C=O) groups is 1. The van der Waals surface area contributed by atoms with Crippen LogP contribution in [-0.4, -0.2) is 5.91 Å². The van der Waals surface area contributed by atoms with Gasteiger partial charge in [0.25, 0.3) is 5.91 Å². The van der Waals surface area contributed by atoms with E-state index in [4.69, 9.17) is 16.3 Å². The molecule has 4 aromatic carbocycles. The Morgan fingerprint density at radius 2 is 1.56 bits per heavy atom. The molecular weight excluding hydrogens is 418 g/mol. The number of hydrogen-bond donors (Lipinski definition) is 1. The van der Waals surface area contributed by atoms with Crippen LogP contribution in [0.15, 0.2) is 103 Å². The minimum absolute atomic E-state index is 0.163. The van der Waals surface area contributed by atoms with E-state index in [9.17, 15) is 4.79 Å². The second-order valence-corrected chi connectivity index (χ2v) is 8.05. The van der Waals surface area contributed by atoms with E-state index >= 15 is 0 Å². The first-order chi connectivity index (χ1) is 15.6. The van der Waals surface area contributed by atoms with Gasteiger partial charge in [-0.3, -0.25) is 4.79 Å². The molecule has 4 heteroatoms. The van der Waals surface area contributed by atoms with Gasteiger partial charge in [-0.1, -0.05) is 96.0 Å². The molecule has 0 aliphatic rings. The predicted molar refractivity (Wildman–Crippen MR) is 129 cm³/mol. The third-order valence-electron chi connectivity index (χ3n) is 5.23. The van der Waals surface area contributed by atoms with Crippen LogP contribution in [0.2, 0.25) is 5.02 Å². The quantitative estimate of drug-likeness (QED) is 0.344. The number of benzene rings is 4. The zero-order valence-electron chi connectivity index (χ0n) is 17.8. The van der Waals surface area contributed by atoms with Gasteiger partial charge in [0.1, 0.15) is 12.4 Å². The molecule has 160 valence electrons. The van der Waals surface area contributed by atoms with Crippen molar-refractivity contribution in [2.75, 3.05) is 0 Å². The van der Waals surface area contributed by atoms with Crippen molar-refractivity contribution in [3.8, 4) is 5.75 Å². The van der Waals surface area contributed by atoms with Gasteiger partial charge < -0.3 is 10.1 Å². The molecule has 1 atom stereocenters. The van der Waals surface area contributed by atoms with Crippen LogP contribution in [0.4, 0.5) is 0 Å². The Morgan fingerprint density at radius 3 is 2.34 bits per heavy atom. The van der Waals surface area contributed by atoms with Crippen molar-refractivity contribution in [2.24, 2.45) is 0 Å². The number of rotatable bonds is 7. The lowest BCUT2D eigenvalue weighted by atomic mass is 9.97. The molecule has 0 aliphatic carbocycles. The molecule has 0 bridgehead atoms. The van der Waals surface area contributed by atoms with E-state index in [0.29, 0.717) is 22.9 Å². The summed E-state index contributed by atoms with van der Waals surface area (Å²) in [6, 6.07) is 32.7. The molecule has 0 aromatic heterocycles. The van der Waals surface area contributed by atoms with Crippen molar-refractivity contribution < 1.29 is 9.53 Å². The molecule has 32 heavy (non-hydrogen) atoms. The lowest BCUT2D eigenvalue weighted by Crippen LogP contribution is -2.29. The third kappa shape index (κ3) is 5.37. The fraction of sp³-hybridized carbons (Fsp3) is 0.107. The van der Waals surface area contributed by atoms with Gasteiger partial charge in [-0.15, -0.1) is 0 Å². The zero-order chi connectivity index (χ0) is 22.3. The van der Waals surface area contributed by atoms with E-state index in [1.165, 1.54) is 0 Å². The second kappa shape index (κ2) is 10.2. The van der Waals surface area contributed by atoms with Gasteiger partial charge >= 0.3 is 0 Å². The van der Waals surface area contributed by atoms with E-state index in [1.54, 1.807) is 12.1 Å². The van der Waals surface area contributed by atoms with Crippen LogP contribution in [0.1, 0.15) is 38.7 Å². The first-order valence-corrected chi connectivity index (χ1v) is 10.9. The topological polar surface area (TPSA) is 38.3 Å². The maximum Gasteiger partial charge on any atom is 0.252 e. The summed E-state index contributed by atoms with van der Waals surface area (Å²) in [5.41, 5.74) is 4.64. The summed E-state index contributed by atoms with van der Waals surface area (Å²) in [6.45, 7) is 2.38. The monoisotopic (exact) mass is 441 g/mol. The normalized spacial score (nSPS) is 11.6. The van der Waals surface area contributed by atoms with Gasteiger partial charge in [0.2, 0.25) is 0 Å². The van der Waals surface area contributed by atoms with Gasteiger partial charge in [0.05, 0.1) is 6.04 Å². The minimum atomic E-state index is -0.253. The molecule has 0 aliphatic heterocycles. The van der Waals surface area contributed by atoms with E-state index in [2.05, 4.69) is 11.4 Å². The van der Waals surface area contributed by atoms with E-state index < -0.39 is 0 Å².